The highest BCUT2D eigenvalue weighted by Crippen LogP contribution is 2.44. The summed E-state index contributed by atoms with van der Waals surface area (Å²) in [6, 6.07) is 51.4. The quantitative estimate of drug-likeness (QED) is 0.112. The summed E-state index contributed by atoms with van der Waals surface area (Å²) in [5, 5.41) is 1.73. The topological polar surface area (TPSA) is 35.9 Å². The van der Waals surface area contributed by atoms with Crippen LogP contribution in [0.1, 0.15) is 139 Å². The Hall–Kier alpha value is -8.02. The van der Waals surface area contributed by atoms with E-state index in [1.807, 2.05) is 66.9 Å². The molecule has 0 aliphatic heterocycles. The summed E-state index contributed by atoms with van der Waals surface area (Å²) in [5.41, 5.74) is 15.7. The second kappa shape index (κ2) is 19.4. The maximum Gasteiger partial charge on any atom is 0.269 e. The zero-order valence-corrected chi connectivity index (χ0v) is 48.7. The molecule has 5 nitrogen and oxygen atoms in total. The van der Waals surface area contributed by atoms with Crippen LogP contribution in [0, 0.1) is 6.33 Å². The maximum absolute atomic E-state index is 9.28. The van der Waals surface area contributed by atoms with Gasteiger partial charge in [-0.25, -0.2) is 4.98 Å². The van der Waals surface area contributed by atoms with E-state index in [-0.39, 0.29) is 44.7 Å². The van der Waals surface area contributed by atoms with E-state index in [1.165, 1.54) is 22.3 Å². The van der Waals surface area contributed by atoms with Gasteiger partial charge >= 0.3 is 0 Å². The first kappa shape index (κ1) is 47.0. The number of hydrogen-bond donors (Lipinski definition) is 0. The first-order chi connectivity index (χ1) is 39.4. The van der Waals surface area contributed by atoms with Gasteiger partial charge in [0.2, 0.25) is 0 Å². The molecule has 0 atom stereocenters. The van der Waals surface area contributed by atoms with Crippen molar-refractivity contribution in [3.05, 3.63) is 222 Å². The van der Waals surface area contributed by atoms with Crippen LogP contribution in [0.5, 0.6) is 11.5 Å². The van der Waals surface area contributed by atoms with E-state index in [0.29, 0.717) is 17.1 Å². The Balaban J connectivity index is 1.15. The van der Waals surface area contributed by atoms with Gasteiger partial charge in [0.15, 0.2) is 0 Å². The normalized spacial score (nSPS) is 13.6. The van der Waals surface area contributed by atoms with Gasteiger partial charge in [-0.3, -0.25) is 13.7 Å². The van der Waals surface area contributed by atoms with Gasteiger partial charge in [0.1, 0.15) is 17.3 Å². The fourth-order valence-electron chi connectivity index (χ4n) is 10.7. The lowest BCUT2D eigenvalue weighted by Gasteiger charge is -2.28. The van der Waals surface area contributed by atoms with E-state index < -0.39 is 18.1 Å². The smallest absolute Gasteiger partial charge is 0.269 e. The van der Waals surface area contributed by atoms with Gasteiger partial charge in [0, 0.05) is 28.6 Å². The van der Waals surface area contributed by atoms with Crippen molar-refractivity contribution in [3.63, 3.8) is 0 Å². The highest BCUT2D eigenvalue weighted by molar-refractivity contribution is 6.11. The minimum Gasteiger partial charge on any atom is -0.457 e. The van der Waals surface area contributed by atoms with Crippen LogP contribution >= 0.6 is 0 Å². The van der Waals surface area contributed by atoms with Crippen LogP contribution < -0.4 is 9.30 Å². The molecule has 11 aromatic rings. The van der Waals surface area contributed by atoms with Crippen LogP contribution in [0.2, 0.25) is 0 Å². The van der Waals surface area contributed by atoms with Gasteiger partial charge in [0.25, 0.3) is 6.33 Å². The molecule has 3 heterocycles. The summed E-state index contributed by atoms with van der Waals surface area (Å²) in [4.78, 5) is 4.93. The van der Waals surface area contributed by atoms with Gasteiger partial charge in [-0.05, 0) is 125 Å². The summed E-state index contributed by atoms with van der Waals surface area (Å²) in [5.74, 6) is 1.50. The van der Waals surface area contributed by atoms with Crippen molar-refractivity contribution in [1.29, 1.82) is 0 Å². The minimum absolute atomic E-state index is 0.0457. The van der Waals surface area contributed by atoms with E-state index in [1.54, 1.807) is 0 Å². The first-order valence-electron chi connectivity index (χ1n) is 30.2. The van der Waals surface area contributed by atoms with E-state index in [0.717, 1.165) is 77.8 Å². The van der Waals surface area contributed by atoms with Crippen molar-refractivity contribution < 1.29 is 16.2 Å². The van der Waals surface area contributed by atoms with Crippen LogP contribution in [0.3, 0.4) is 0 Å². The Morgan fingerprint density at radius 3 is 1.58 bits per heavy atom. The average Bonchev–Trinajstić information content (AvgIpc) is 2.28. The zero-order valence-electron chi connectivity index (χ0n) is 53.7. The van der Waals surface area contributed by atoms with Crippen LogP contribution in [-0.2, 0) is 27.1 Å². The molecule has 398 valence electrons. The largest absolute Gasteiger partial charge is 0.457 e. The molecule has 0 radical (unpaired) electrons. The third-order valence-corrected chi connectivity index (χ3v) is 15.5. The van der Waals surface area contributed by atoms with Crippen LogP contribution in [-0.4, -0.2) is 14.1 Å². The summed E-state index contributed by atoms with van der Waals surface area (Å²) in [6.45, 7) is 34.0. The van der Waals surface area contributed by atoms with Crippen LogP contribution in [0.4, 0.5) is 0 Å². The standard InChI is InChI=1S/C74H76N4O/c1-70(2,3)51-35-36-75-68(43-51)78-63-32-20-19-29-60(63)62-45-61(48-25-17-16-18-26-48)67(46-66(62)78)79-57-28-23-27-56(44-57)76-47-77(65-34-22-21-33-64(65)76)69-58(49-37-52(71(4,5)6)41-53(38-49)72(7,8)9)30-24-31-59(69)50-39-54(73(10,11)12)42-55(40-50)74(13,14)15/h16-46H,1-15H3/i16D,17D,18D,25D,26D. The molecule has 0 aliphatic rings. The highest BCUT2D eigenvalue weighted by atomic mass is 16.5. The number of hydrogen-bond acceptors (Lipinski definition) is 2. The molecule has 0 fully saturated rings. The first-order valence-corrected chi connectivity index (χ1v) is 27.7. The number of imidazole rings is 1. The van der Waals surface area contributed by atoms with Gasteiger partial charge in [-0.15, -0.1) is 0 Å². The zero-order chi connectivity index (χ0) is 60.3. The predicted octanol–water partition coefficient (Wildman–Crippen LogP) is 19.5. The molecule has 0 aliphatic carbocycles. The summed E-state index contributed by atoms with van der Waals surface area (Å²) in [6.07, 6.45) is 5.76. The third kappa shape index (κ3) is 10.2. The summed E-state index contributed by atoms with van der Waals surface area (Å²) >= 11 is 0. The van der Waals surface area contributed by atoms with Crippen LogP contribution in [0.15, 0.2) is 188 Å². The molecule has 0 amide bonds. The monoisotopic (exact) mass is 1040 g/mol. The molecular formula is C74H76N4O. The minimum atomic E-state index is -0.463. The predicted molar refractivity (Wildman–Crippen MR) is 332 cm³/mol. The summed E-state index contributed by atoms with van der Waals surface area (Å²) in [7, 11) is 0. The molecule has 0 saturated heterocycles. The molecule has 3 aromatic heterocycles. The SMILES string of the molecule is [2H]c1c([2H])c([2H])c(-c2cc3c4ccccc4n(-c4cc(C(C)(C)C)ccn4)c3cc2Oc2cccc(-n3[c-][n+](-c4c(-c5cc(C(C)(C)C)cc(C(C)(C)C)c5)cccc4-c4cc(C(C)(C)C)cc(C(C)(C)C)c4)c4ccccc43)c2)c([2H])c1[2H]. The number of aromatic nitrogens is 4. The van der Waals surface area contributed by atoms with E-state index in [4.69, 9.17) is 13.8 Å². The van der Waals surface area contributed by atoms with Crippen molar-refractivity contribution in [3.8, 4) is 62.1 Å². The fraction of sp³-hybridized carbons (Fsp3) is 0.270. The number of nitrogens with zero attached hydrogens (tertiary/aromatic N) is 4. The molecule has 0 unspecified atom stereocenters. The van der Waals surface area contributed by atoms with E-state index in [9.17, 15) is 2.74 Å². The van der Waals surface area contributed by atoms with Crippen molar-refractivity contribution in [2.75, 3.05) is 0 Å². The Bertz CT molecular complexity index is 4250. The van der Waals surface area contributed by atoms with Gasteiger partial charge in [-0.2, -0.15) is 0 Å². The number of rotatable bonds is 8. The molecule has 0 spiro atoms. The molecule has 11 rings (SSSR count). The molecule has 0 saturated carbocycles. The average molecular weight is 1040 g/mol. The van der Waals surface area contributed by atoms with Crippen LogP contribution in [0.25, 0.3) is 83.4 Å². The Labute approximate surface area is 476 Å². The number of benzene rings is 8. The maximum atomic E-state index is 9.28. The molecular weight excluding hydrogens is 961 g/mol. The summed E-state index contributed by atoms with van der Waals surface area (Å²) < 4.78 is 58.3. The third-order valence-electron chi connectivity index (χ3n) is 15.5. The number of pyridine rings is 1. The van der Waals surface area contributed by atoms with Gasteiger partial charge in [-0.1, -0.05) is 237 Å². The Morgan fingerprint density at radius 2 is 1.00 bits per heavy atom. The fourth-order valence-corrected chi connectivity index (χ4v) is 10.7. The second-order valence-corrected chi connectivity index (χ2v) is 26.5. The van der Waals surface area contributed by atoms with Crippen molar-refractivity contribution in [1.82, 2.24) is 14.1 Å². The highest BCUT2D eigenvalue weighted by Gasteiger charge is 2.28. The second-order valence-electron chi connectivity index (χ2n) is 26.5. The van der Waals surface area contributed by atoms with Crippen molar-refractivity contribution >= 4 is 32.8 Å². The number of ether oxygens (including phenoxy) is 1. The Kier molecular flexibility index (Phi) is 11.6. The number of fused-ring (bicyclic) bond motifs is 4. The van der Waals surface area contributed by atoms with Gasteiger partial charge in [0.05, 0.1) is 40.3 Å². The number of para-hydroxylation sites is 4. The molecule has 5 heteroatoms. The van der Waals surface area contributed by atoms with Crippen molar-refractivity contribution in [2.45, 2.75) is 131 Å². The van der Waals surface area contributed by atoms with Crippen molar-refractivity contribution in [2.24, 2.45) is 0 Å². The Morgan fingerprint density at radius 1 is 0.456 bits per heavy atom. The lowest BCUT2D eigenvalue weighted by molar-refractivity contribution is -0.571. The molecule has 79 heavy (non-hydrogen) atoms. The molecule has 0 N–H and O–H groups in total. The van der Waals surface area contributed by atoms with E-state index >= 15 is 0 Å². The molecule has 0 bridgehead atoms. The van der Waals surface area contributed by atoms with E-state index in [2.05, 4.69) is 215 Å². The molecule has 8 aromatic carbocycles. The lowest BCUT2D eigenvalue weighted by atomic mass is 9.77. The van der Waals surface area contributed by atoms with Gasteiger partial charge < -0.3 is 4.74 Å². The lowest BCUT2D eigenvalue weighted by Crippen LogP contribution is -2.31.